The van der Waals surface area contributed by atoms with Gasteiger partial charge in [0.25, 0.3) is 0 Å². The molecular weight excluding hydrogens is 300 g/mol. The van der Waals surface area contributed by atoms with E-state index in [0.717, 1.165) is 31.2 Å². The molecule has 0 aliphatic heterocycles. The first-order chi connectivity index (χ1) is 10.5. The molecule has 1 aliphatic carbocycles. The van der Waals surface area contributed by atoms with Gasteiger partial charge >= 0.3 is 0 Å². The fourth-order valence-corrected chi connectivity index (χ4v) is 3.38. The molecule has 1 aliphatic rings. The summed E-state index contributed by atoms with van der Waals surface area (Å²) in [5, 5.41) is 8.05. The molecule has 6 heteroatoms. The van der Waals surface area contributed by atoms with Gasteiger partial charge in [-0.1, -0.05) is 37.8 Å². The minimum absolute atomic E-state index is 0.110. The van der Waals surface area contributed by atoms with Crippen LogP contribution in [0.25, 0.3) is 0 Å². The molecule has 1 aromatic carbocycles. The highest BCUT2D eigenvalue weighted by molar-refractivity contribution is 7.89. The van der Waals surface area contributed by atoms with Crippen molar-refractivity contribution in [3.63, 3.8) is 0 Å². The second kappa shape index (κ2) is 7.74. The summed E-state index contributed by atoms with van der Waals surface area (Å²) in [6, 6.07) is 6.46. The Bertz CT molecular complexity index is 588. The quantitative estimate of drug-likeness (QED) is 0.811. The highest BCUT2D eigenvalue weighted by atomic mass is 32.2. The van der Waals surface area contributed by atoms with Gasteiger partial charge in [-0.2, -0.15) is 0 Å². The molecule has 1 saturated carbocycles. The topological polar surface area (TPSA) is 89.3 Å². The first-order valence-electron chi connectivity index (χ1n) is 7.86. The highest BCUT2D eigenvalue weighted by Crippen LogP contribution is 2.22. The van der Waals surface area contributed by atoms with Crippen LogP contribution >= 0.6 is 0 Å². The fourth-order valence-electron chi connectivity index (χ4n) is 2.86. The second-order valence-corrected chi connectivity index (χ2v) is 7.48. The Balaban J connectivity index is 1.79. The number of benzene rings is 1. The van der Waals surface area contributed by atoms with Crippen molar-refractivity contribution in [1.82, 2.24) is 5.32 Å². The average molecular weight is 324 g/mol. The summed E-state index contributed by atoms with van der Waals surface area (Å²) in [6.07, 6.45) is 7.44. The lowest BCUT2D eigenvalue weighted by Gasteiger charge is -2.14. The number of carbonyl (C=O) groups excluding carboxylic acids is 1. The molecule has 0 atom stereocenters. The van der Waals surface area contributed by atoms with E-state index >= 15 is 0 Å². The standard InChI is InChI=1S/C16H24N2O3S/c17-22(20,21)15-9-7-13(8-10-15)11-12-18-16(19)14-5-3-1-2-4-6-14/h7-10,14H,1-6,11-12H2,(H,18,19)(H2,17,20,21). The van der Waals surface area contributed by atoms with Gasteiger partial charge in [-0.25, -0.2) is 13.6 Å². The first-order valence-corrected chi connectivity index (χ1v) is 9.41. The summed E-state index contributed by atoms with van der Waals surface area (Å²) in [6.45, 7) is 0.573. The molecule has 1 amide bonds. The SMILES string of the molecule is NS(=O)(=O)c1ccc(CCNC(=O)C2CCCCCC2)cc1. The Morgan fingerprint density at radius 2 is 1.68 bits per heavy atom. The smallest absolute Gasteiger partial charge is 0.238 e. The maximum Gasteiger partial charge on any atom is 0.238 e. The molecule has 122 valence electrons. The Morgan fingerprint density at radius 3 is 2.23 bits per heavy atom. The molecule has 5 nitrogen and oxygen atoms in total. The van der Waals surface area contributed by atoms with E-state index in [4.69, 9.17) is 5.14 Å². The molecule has 0 bridgehead atoms. The van der Waals surface area contributed by atoms with Crippen LogP contribution in [0.3, 0.4) is 0 Å². The van der Waals surface area contributed by atoms with Crippen molar-refractivity contribution in [2.24, 2.45) is 11.1 Å². The number of nitrogens with one attached hydrogen (secondary N) is 1. The highest BCUT2D eigenvalue weighted by Gasteiger charge is 2.19. The van der Waals surface area contributed by atoms with Gasteiger partial charge in [0.2, 0.25) is 15.9 Å². The molecule has 22 heavy (non-hydrogen) atoms. The third kappa shape index (κ3) is 5.10. The largest absolute Gasteiger partial charge is 0.356 e. The monoisotopic (exact) mass is 324 g/mol. The summed E-state index contributed by atoms with van der Waals surface area (Å²) in [7, 11) is -3.64. The molecule has 0 heterocycles. The van der Waals surface area contributed by atoms with Gasteiger partial charge in [0.15, 0.2) is 0 Å². The lowest BCUT2D eigenvalue weighted by Crippen LogP contribution is -2.32. The Kier molecular flexibility index (Phi) is 5.97. The van der Waals surface area contributed by atoms with Gasteiger partial charge < -0.3 is 5.32 Å². The van der Waals surface area contributed by atoms with Gasteiger partial charge in [-0.05, 0) is 37.0 Å². The van der Waals surface area contributed by atoms with Crippen LogP contribution in [0, 0.1) is 5.92 Å². The van der Waals surface area contributed by atoms with Crippen LogP contribution in [0.2, 0.25) is 0 Å². The zero-order chi connectivity index (χ0) is 16.0. The third-order valence-electron chi connectivity index (χ3n) is 4.19. The molecule has 1 aromatic rings. The van der Waals surface area contributed by atoms with Gasteiger partial charge in [-0.3, -0.25) is 4.79 Å². The molecule has 3 N–H and O–H groups in total. The van der Waals surface area contributed by atoms with Crippen LogP contribution < -0.4 is 10.5 Å². The molecule has 1 fully saturated rings. The summed E-state index contributed by atoms with van der Waals surface area (Å²) in [5.74, 6) is 0.315. The number of nitrogens with two attached hydrogens (primary N) is 1. The Labute approximate surface area is 132 Å². The number of primary sulfonamides is 1. The summed E-state index contributed by atoms with van der Waals surface area (Å²) in [4.78, 5) is 12.2. The Hall–Kier alpha value is -1.40. The lowest BCUT2D eigenvalue weighted by molar-refractivity contribution is -0.125. The molecule has 2 rings (SSSR count). The van der Waals surface area contributed by atoms with Crippen molar-refractivity contribution in [3.8, 4) is 0 Å². The maximum atomic E-state index is 12.1. The summed E-state index contributed by atoms with van der Waals surface area (Å²) >= 11 is 0. The summed E-state index contributed by atoms with van der Waals surface area (Å²) in [5.41, 5.74) is 0.980. The zero-order valence-electron chi connectivity index (χ0n) is 12.8. The van der Waals surface area contributed by atoms with Gasteiger partial charge in [0, 0.05) is 12.5 Å². The molecule has 0 aromatic heterocycles. The van der Waals surface area contributed by atoms with Crippen molar-refractivity contribution < 1.29 is 13.2 Å². The summed E-state index contributed by atoms with van der Waals surface area (Å²) < 4.78 is 22.3. The number of hydrogen-bond donors (Lipinski definition) is 2. The predicted octanol–water partition coefficient (Wildman–Crippen LogP) is 1.96. The van der Waals surface area contributed by atoms with E-state index in [0.29, 0.717) is 13.0 Å². The van der Waals surface area contributed by atoms with Crippen molar-refractivity contribution in [3.05, 3.63) is 29.8 Å². The number of amides is 1. The molecular formula is C16H24N2O3S. The minimum atomic E-state index is -3.64. The minimum Gasteiger partial charge on any atom is -0.356 e. The number of hydrogen-bond acceptors (Lipinski definition) is 3. The molecule has 0 unspecified atom stereocenters. The van der Waals surface area contributed by atoms with Gasteiger partial charge in [0.1, 0.15) is 0 Å². The predicted molar refractivity (Wildman–Crippen MR) is 85.7 cm³/mol. The van der Waals surface area contributed by atoms with Crippen LogP contribution in [0.1, 0.15) is 44.1 Å². The van der Waals surface area contributed by atoms with E-state index in [1.54, 1.807) is 12.1 Å². The molecule has 0 saturated heterocycles. The second-order valence-electron chi connectivity index (χ2n) is 5.92. The maximum absolute atomic E-state index is 12.1. The van der Waals surface area contributed by atoms with Crippen LogP contribution in [-0.2, 0) is 21.2 Å². The molecule has 0 spiro atoms. The van der Waals surface area contributed by atoms with Gasteiger partial charge in [-0.15, -0.1) is 0 Å². The third-order valence-corrected chi connectivity index (χ3v) is 5.12. The van der Waals surface area contributed by atoms with E-state index in [-0.39, 0.29) is 16.7 Å². The van der Waals surface area contributed by atoms with E-state index in [1.165, 1.54) is 25.0 Å². The lowest BCUT2D eigenvalue weighted by atomic mass is 9.99. The number of sulfonamides is 1. The van der Waals surface area contributed by atoms with Crippen LogP contribution in [0.15, 0.2) is 29.2 Å². The number of carbonyl (C=O) groups is 1. The van der Waals surface area contributed by atoms with Crippen molar-refractivity contribution >= 4 is 15.9 Å². The zero-order valence-corrected chi connectivity index (χ0v) is 13.6. The first kappa shape index (κ1) is 17.0. The fraction of sp³-hybridized carbons (Fsp3) is 0.562. The van der Waals surface area contributed by atoms with E-state index in [2.05, 4.69) is 5.32 Å². The van der Waals surface area contributed by atoms with E-state index in [1.807, 2.05) is 0 Å². The van der Waals surface area contributed by atoms with E-state index in [9.17, 15) is 13.2 Å². The Morgan fingerprint density at radius 1 is 1.09 bits per heavy atom. The normalized spacial score (nSPS) is 17.0. The van der Waals surface area contributed by atoms with Crippen molar-refractivity contribution in [2.45, 2.75) is 49.8 Å². The van der Waals surface area contributed by atoms with Crippen molar-refractivity contribution in [1.29, 1.82) is 0 Å². The van der Waals surface area contributed by atoms with Crippen molar-refractivity contribution in [2.75, 3.05) is 6.54 Å². The van der Waals surface area contributed by atoms with Crippen LogP contribution in [0.5, 0.6) is 0 Å². The van der Waals surface area contributed by atoms with Crippen LogP contribution in [-0.4, -0.2) is 20.9 Å². The average Bonchev–Trinajstić information content (AvgIpc) is 2.76. The van der Waals surface area contributed by atoms with E-state index < -0.39 is 10.0 Å². The molecule has 0 radical (unpaired) electrons. The number of rotatable bonds is 5. The van der Waals surface area contributed by atoms with Gasteiger partial charge in [0.05, 0.1) is 4.90 Å². The van der Waals surface area contributed by atoms with Crippen LogP contribution in [0.4, 0.5) is 0 Å².